The number of carbonyl (C=O) groups excluding carboxylic acids is 1. The zero-order chi connectivity index (χ0) is 19.8. The van der Waals surface area contributed by atoms with Crippen LogP contribution >= 0.6 is 11.6 Å². The van der Waals surface area contributed by atoms with Gasteiger partial charge in [-0.25, -0.2) is 0 Å². The number of aryl methyl sites for hydroxylation is 1. The molecule has 0 aromatic heterocycles. The van der Waals surface area contributed by atoms with E-state index in [1.807, 2.05) is 12.1 Å². The molecule has 146 valence electrons. The van der Waals surface area contributed by atoms with Crippen LogP contribution in [0, 0.1) is 0 Å². The van der Waals surface area contributed by atoms with E-state index in [2.05, 4.69) is 0 Å². The van der Waals surface area contributed by atoms with Crippen molar-refractivity contribution in [2.24, 2.45) is 0 Å². The summed E-state index contributed by atoms with van der Waals surface area (Å²) in [6.45, 7) is 0.0951. The molecule has 0 aliphatic rings. The zero-order valence-corrected chi connectivity index (χ0v) is 16.6. The second-order valence-electron chi connectivity index (χ2n) is 5.65. The Balaban J connectivity index is 1.99. The lowest BCUT2D eigenvalue weighted by atomic mass is 10.1. The Morgan fingerprint density at radius 1 is 0.889 bits per heavy atom. The molecule has 0 N–H and O–H groups in total. The molecule has 2 rings (SSSR count). The molecule has 2 aromatic rings. The van der Waals surface area contributed by atoms with Gasteiger partial charge in [-0.15, -0.1) is 0 Å². The van der Waals surface area contributed by atoms with Gasteiger partial charge in [-0.2, -0.15) is 0 Å². The number of hydrogen-bond acceptors (Lipinski definition) is 6. The molecular formula is C20H23ClO6. The summed E-state index contributed by atoms with van der Waals surface area (Å²) < 4.78 is 26.5. The van der Waals surface area contributed by atoms with E-state index in [-0.39, 0.29) is 19.0 Å². The van der Waals surface area contributed by atoms with Crippen molar-refractivity contribution in [1.82, 2.24) is 0 Å². The van der Waals surface area contributed by atoms with E-state index in [4.69, 9.17) is 35.3 Å². The Kier molecular flexibility index (Phi) is 7.61. The van der Waals surface area contributed by atoms with Gasteiger partial charge in [-0.05, 0) is 42.3 Å². The highest BCUT2D eigenvalue weighted by molar-refractivity contribution is 6.30. The van der Waals surface area contributed by atoms with Crippen LogP contribution in [0.1, 0.15) is 17.5 Å². The zero-order valence-electron chi connectivity index (χ0n) is 15.8. The fourth-order valence-electron chi connectivity index (χ4n) is 2.62. The minimum atomic E-state index is -0.328. The monoisotopic (exact) mass is 394 g/mol. The van der Waals surface area contributed by atoms with Crippen LogP contribution in [-0.2, 0) is 22.6 Å². The highest BCUT2D eigenvalue weighted by atomic mass is 35.5. The van der Waals surface area contributed by atoms with E-state index in [1.54, 1.807) is 46.6 Å². The fraction of sp³-hybridized carbons (Fsp3) is 0.350. The van der Waals surface area contributed by atoms with E-state index >= 15 is 0 Å². The number of rotatable bonds is 9. The van der Waals surface area contributed by atoms with Crippen molar-refractivity contribution in [3.05, 3.63) is 46.5 Å². The maximum atomic E-state index is 12.1. The van der Waals surface area contributed by atoms with Gasteiger partial charge in [0.25, 0.3) is 0 Å². The first-order valence-electron chi connectivity index (χ1n) is 8.29. The average molecular weight is 395 g/mol. The first-order valence-corrected chi connectivity index (χ1v) is 8.67. The molecule has 27 heavy (non-hydrogen) atoms. The van der Waals surface area contributed by atoms with Crippen LogP contribution in [0.5, 0.6) is 23.0 Å². The molecule has 0 unspecified atom stereocenters. The van der Waals surface area contributed by atoms with Gasteiger partial charge in [-0.1, -0.05) is 11.6 Å². The van der Waals surface area contributed by atoms with Crippen molar-refractivity contribution in [3.8, 4) is 23.0 Å². The van der Waals surface area contributed by atoms with Crippen molar-refractivity contribution in [1.29, 1.82) is 0 Å². The van der Waals surface area contributed by atoms with Crippen LogP contribution in [0.2, 0.25) is 5.02 Å². The van der Waals surface area contributed by atoms with Gasteiger partial charge in [0.15, 0.2) is 11.5 Å². The van der Waals surface area contributed by atoms with Crippen LogP contribution in [0.25, 0.3) is 0 Å². The van der Waals surface area contributed by atoms with Crippen LogP contribution < -0.4 is 18.9 Å². The summed E-state index contributed by atoms with van der Waals surface area (Å²) >= 11 is 5.98. The van der Waals surface area contributed by atoms with Gasteiger partial charge in [0, 0.05) is 17.0 Å². The number of esters is 1. The van der Waals surface area contributed by atoms with Crippen molar-refractivity contribution in [2.75, 3.05) is 28.4 Å². The van der Waals surface area contributed by atoms with E-state index < -0.39 is 0 Å². The highest BCUT2D eigenvalue weighted by Gasteiger charge is 2.14. The Bertz CT molecular complexity index is 765. The van der Waals surface area contributed by atoms with Crippen LogP contribution in [-0.4, -0.2) is 34.4 Å². The second-order valence-corrected chi connectivity index (χ2v) is 6.09. The third kappa shape index (κ3) is 5.44. The molecule has 0 amide bonds. The summed E-state index contributed by atoms with van der Waals surface area (Å²) in [5, 5.41) is 0.555. The number of halogens is 1. The molecule has 2 aromatic carbocycles. The van der Waals surface area contributed by atoms with Gasteiger partial charge in [0.05, 0.1) is 28.4 Å². The summed E-state index contributed by atoms with van der Waals surface area (Å²) in [5.41, 5.74) is 1.59. The van der Waals surface area contributed by atoms with Gasteiger partial charge in [-0.3, -0.25) is 4.79 Å². The van der Waals surface area contributed by atoms with Crippen molar-refractivity contribution in [2.45, 2.75) is 19.4 Å². The molecule has 0 bridgehead atoms. The molecule has 7 heteroatoms. The maximum Gasteiger partial charge on any atom is 0.306 e. The normalized spacial score (nSPS) is 10.3. The first kappa shape index (κ1) is 20.7. The Hall–Kier alpha value is -2.60. The predicted octanol–water partition coefficient (Wildman–Crippen LogP) is 4.05. The largest absolute Gasteiger partial charge is 0.496 e. The molecule has 0 radical (unpaired) electrons. The van der Waals surface area contributed by atoms with Crippen LogP contribution in [0.4, 0.5) is 0 Å². The lowest BCUT2D eigenvalue weighted by Gasteiger charge is -2.14. The standard InChI is InChI=1S/C20H23ClO6/c1-23-16-7-6-15(21)11-14(16)12-27-19(22)8-5-13-9-17(24-2)20(26-4)18(10-13)25-3/h6-7,9-11H,5,8,12H2,1-4H3. The Morgan fingerprint density at radius 3 is 2.07 bits per heavy atom. The number of carbonyl (C=O) groups is 1. The van der Waals surface area contributed by atoms with Crippen molar-refractivity contribution in [3.63, 3.8) is 0 Å². The second kappa shape index (κ2) is 9.92. The summed E-state index contributed by atoms with van der Waals surface area (Å²) in [4.78, 5) is 12.1. The third-order valence-electron chi connectivity index (χ3n) is 3.97. The topological polar surface area (TPSA) is 63.2 Å². The van der Waals surface area contributed by atoms with E-state index in [0.717, 1.165) is 5.56 Å². The third-order valence-corrected chi connectivity index (χ3v) is 4.21. The van der Waals surface area contributed by atoms with Gasteiger partial charge >= 0.3 is 5.97 Å². The summed E-state index contributed by atoms with van der Waals surface area (Å²) in [5.74, 6) is 1.90. The van der Waals surface area contributed by atoms with Gasteiger partial charge in [0.2, 0.25) is 5.75 Å². The van der Waals surface area contributed by atoms with Crippen LogP contribution in [0.3, 0.4) is 0 Å². The smallest absolute Gasteiger partial charge is 0.306 e. The lowest BCUT2D eigenvalue weighted by Crippen LogP contribution is -2.07. The number of methoxy groups -OCH3 is 4. The SMILES string of the molecule is COc1ccc(Cl)cc1COC(=O)CCc1cc(OC)c(OC)c(OC)c1. The van der Waals surface area contributed by atoms with E-state index in [0.29, 0.717) is 40.0 Å². The average Bonchev–Trinajstić information content (AvgIpc) is 2.69. The molecule has 0 aliphatic heterocycles. The quantitative estimate of drug-likeness (QED) is 0.598. The first-order chi connectivity index (χ1) is 13.0. The minimum absolute atomic E-state index is 0.0951. The molecular weight excluding hydrogens is 372 g/mol. The van der Waals surface area contributed by atoms with Gasteiger partial charge < -0.3 is 23.7 Å². The Labute approximate surface area is 163 Å². The highest BCUT2D eigenvalue weighted by Crippen LogP contribution is 2.38. The summed E-state index contributed by atoms with van der Waals surface area (Å²) in [6.07, 6.45) is 0.684. The number of hydrogen-bond donors (Lipinski definition) is 0. The molecule has 6 nitrogen and oxygen atoms in total. The fourth-order valence-corrected chi connectivity index (χ4v) is 2.81. The molecule has 0 fully saturated rings. The number of benzene rings is 2. The number of ether oxygens (including phenoxy) is 5. The molecule has 0 atom stereocenters. The Morgan fingerprint density at radius 2 is 1.52 bits per heavy atom. The minimum Gasteiger partial charge on any atom is -0.496 e. The van der Waals surface area contributed by atoms with Crippen molar-refractivity contribution >= 4 is 17.6 Å². The van der Waals surface area contributed by atoms with Crippen molar-refractivity contribution < 1.29 is 28.5 Å². The van der Waals surface area contributed by atoms with E-state index in [9.17, 15) is 4.79 Å². The maximum absolute atomic E-state index is 12.1. The summed E-state index contributed by atoms with van der Waals surface area (Å²) in [7, 11) is 6.20. The van der Waals surface area contributed by atoms with E-state index in [1.165, 1.54) is 0 Å². The predicted molar refractivity (Wildman–Crippen MR) is 102 cm³/mol. The lowest BCUT2D eigenvalue weighted by molar-refractivity contribution is -0.144. The molecule has 0 spiro atoms. The summed E-state index contributed by atoms with van der Waals surface area (Å²) in [6, 6.07) is 8.80. The molecule has 0 heterocycles. The molecule has 0 saturated heterocycles. The van der Waals surface area contributed by atoms with Crippen LogP contribution in [0.15, 0.2) is 30.3 Å². The molecule has 0 saturated carbocycles. The molecule has 0 aliphatic carbocycles. The van der Waals surface area contributed by atoms with Gasteiger partial charge in [0.1, 0.15) is 12.4 Å².